The SMILES string of the molecule is COCCN(CCOC)C(CN)c1ccccc1OC. The first-order valence-corrected chi connectivity index (χ1v) is 6.83. The van der Waals surface area contributed by atoms with E-state index < -0.39 is 0 Å². The van der Waals surface area contributed by atoms with Gasteiger partial charge < -0.3 is 19.9 Å². The lowest BCUT2D eigenvalue weighted by atomic mass is 10.0. The Hall–Kier alpha value is -1.14. The van der Waals surface area contributed by atoms with E-state index in [1.165, 1.54) is 0 Å². The zero-order chi connectivity index (χ0) is 14.8. The third-order valence-corrected chi connectivity index (χ3v) is 3.33. The standard InChI is InChI=1S/C15H26N2O3/c1-18-10-8-17(9-11-19-2)14(12-16)13-6-4-5-7-15(13)20-3/h4-7,14H,8-12,16H2,1-3H3. The third-order valence-electron chi connectivity index (χ3n) is 3.33. The summed E-state index contributed by atoms with van der Waals surface area (Å²) < 4.78 is 15.8. The molecular formula is C15H26N2O3. The van der Waals surface area contributed by atoms with E-state index in [-0.39, 0.29) is 6.04 Å². The van der Waals surface area contributed by atoms with Crippen molar-refractivity contribution in [2.24, 2.45) is 5.73 Å². The van der Waals surface area contributed by atoms with Crippen LogP contribution in [0.2, 0.25) is 0 Å². The molecule has 1 rings (SSSR count). The zero-order valence-corrected chi connectivity index (χ0v) is 12.7. The van der Waals surface area contributed by atoms with Gasteiger partial charge in [0.2, 0.25) is 0 Å². The molecule has 114 valence electrons. The Morgan fingerprint density at radius 2 is 1.65 bits per heavy atom. The Morgan fingerprint density at radius 1 is 1.05 bits per heavy atom. The molecule has 0 aromatic heterocycles. The van der Waals surface area contributed by atoms with Gasteiger partial charge in [0.15, 0.2) is 0 Å². The zero-order valence-electron chi connectivity index (χ0n) is 12.7. The Kier molecular flexibility index (Phi) is 8.22. The van der Waals surface area contributed by atoms with E-state index in [9.17, 15) is 0 Å². The summed E-state index contributed by atoms with van der Waals surface area (Å²) in [7, 11) is 5.09. The lowest BCUT2D eigenvalue weighted by molar-refractivity contribution is 0.0883. The summed E-state index contributed by atoms with van der Waals surface area (Å²) >= 11 is 0. The molecule has 0 spiro atoms. The molecule has 5 nitrogen and oxygen atoms in total. The van der Waals surface area contributed by atoms with Crippen LogP contribution in [0.25, 0.3) is 0 Å². The van der Waals surface area contributed by atoms with E-state index in [2.05, 4.69) is 11.0 Å². The third kappa shape index (κ3) is 4.76. The lowest BCUT2D eigenvalue weighted by Gasteiger charge is -2.31. The Balaban J connectivity index is 2.92. The van der Waals surface area contributed by atoms with E-state index in [0.29, 0.717) is 19.8 Å². The summed E-state index contributed by atoms with van der Waals surface area (Å²) in [5.74, 6) is 0.864. The molecule has 0 aliphatic heterocycles. The molecule has 0 saturated heterocycles. The van der Waals surface area contributed by atoms with Crippen LogP contribution in [0.4, 0.5) is 0 Å². The van der Waals surface area contributed by atoms with Gasteiger partial charge in [0.25, 0.3) is 0 Å². The van der Waals surface area contributed by atoms with Crippen LogP contribution in [-0.2, 0) is 9.47 Å². The average molecular weight is 282 g/mol. The Labute approximate surface area is 121 Å². The molecule has 0 aliphatic carbocycles. The molecule has 0 bridgehead atoms. The van der Waals surface area contributed by atoms with Crippen molar-refractivity contribution in [2.75, 3.05) is 54.2 Å². The molecule has 1 unspecified atom stereocenters. The predicted molar refractivity (Wildman–Crippen MR) is 80.1 cm³/mol. The highest BCUT2D eigenvalue weighted by Crippen LogP contribution is 2.28. The first-order valence-electron chi connectivity index (χ1n) is 6.83. The molecule has 0 radical (unpaired) electrons. The van der Waals surface area contributed by atoms with Crippen molar-refractivity contribution in [1.29, 1.82) is 0 Å². The molecule has 20 heavy (non-hydrogen) atoms. The molecule has 0 aliphatic rings. The number of nitrogens with two attached hydrogens (primary N) is 1. The van der Waals surface area contributed by atoms with Gasteiger partial charge in [0.05, 0.1) is 26.4 Å². The second kappa shape index (κ2) is 9.72. The molecule has 1 atom stereocenters. The summed E-state index contributed by atoms with van der Waals surface area (Å²) in [4.78, 5) is 2.27. The van der Waals surface area contributed by atoms with Crippen molar-refractivity contribution in [1.82, 2.24) is 4.90 Å². The van der Waals surface area contributed by atoms with Crippen molar-refractivity contribution in [3.63, 3.8) is 0 Å². The summed E-state index contributed by atoms with van der Waals surface area (Å²) in [5, 5.41) is 0. The van der Waals surface area contributed by atoms with Crippen molar-refractivity contribution >= 4 is 0 Å². The van der Waals surface area contributed by atoms with E-state index in [0.717, 1.165) is 24.4 Å². The number of hydrogen-bond acceptors (Lipinski definition) is 5. The Morgan fingerprint density at radius 3 is 2.15 bits per heavy atom. The predicted octanol–water partition coefficient (Wildman–Crippen LogP) is 1.29. The van der Waals surface area contributed by atoms with E-state index in [1.807, 2.05) is 18.2 Å². The van der Waals surface area contributed by atoms with Gasteiger partial charge in [0.1, 0.15) is 5.75 Å². The maximum atomic E-state index is 5.99. The first-order chi connectivity index (χ1) is 9.78. The van der Waals surface area contributed by atoms with Crippen LogP contribution in [0.3, 0.4) is 0 Å². The lowest BCUT2D eigenvalue weighted by Crippen LogP contribution is -2.38. The molecule has 1 aromatic carbocycles. The fourth-order valence-corrected chi connectivity index (χ4v) is 2.26. The molecular weight excluding hydrogens is 256 g/mol. The summed E-state index contributed by atoms with van der Waals surface area (Å²) in [6, 6.07) is 8.08. The van der Waals surface area contributed by atoms with Gasteiger partial charge in [-0.15, -0.1) is 0 Å². The molecule has 0 amide bonds. The average Bonchev–Trinajstić information content (AvgIpc) is 2.50. The number of nitrogens with zero attached hydrogens (tertiary/aromatic N) is 1. The van der Waals surface area contributed by atoms with Gasteiger partial charge >= 0.3 is 0 Å². The minimum Gasteiger partial charge on any atom is -0.496 e. The number of hydrogen-bond donors (Lipinski definition) is 1. The molecule has 0 saturated carbocycles. The van der Waals surface area contributed by atoms with Crippen LogP contribution in [0.5, 0.6) is 5.75 Å². The second-order valence-electron chi connectivity index (χ2n) is 4.52. The van der Waals surface area contributed by atoms with Gasteiger partial charge in [-0.3, -0.25) is 4.90 Å². The fraction of sp³-hybridized carbons (Fsp3) is 0.600. The molecule has 0 fully saturated rings. The van der Waals surface area contributed by atoms with Crippen LogP contribution in [0, 0.1) is 0 Å². The number of para-hydroxylation sites is 1. The van der Waals surface area contributed by atoms with Crippen molar-refractivity contribution in [2.45, 2.75) is 6.04 Å². The fourth-order valence-electron chi connectivity index (χ4n) is 2.26. The Bertz CT molecular complexity index is 366. The number of ether oxygens (including phenoxy) is 3. The highest BCUT2D eigenvalue weighted by atomic mass is 16.5. The first kappa shape index (κ1) is 16.9. The minimum absolute atomic E-state index is 0.0939. The van der Waals surface area contributed by atoms with Crippen LogP contribution in [-0.4, -0.2) is 59.1 Å². The van der Waals surface area contributed by atoms with E-state index in [4.69, 9.17) is 19.9 Å². The van der Waals surface area contributed by atoms with Crippen molar-refractivity contribution in [3.05, 3.63) is 29.8 Å². The van der Waals surface area contributed by atoms with Crippen LogP contribution in [0.1, 0.15) is 11.6 Å². The number of methoxy groups -OCH3 is 3. The molecule has 5 heteroatoms. The van der Waals surface area contributed by atoms with E-state index >= 15 is 0 Å². The van der Waals surface area contributed by atoms with Gasteiger partial charge in [-0.2, -0.15) is 0 Å². The summed E-state index contributed by atoms with van der Waals surface area (Å²) in [6.45, 7) is 3.46. The maximum absolute atomic E-state index is 5.99. The maximum Gasteiger partial charge on any atom is 0.123 e. The van der Waals surface area contributed by atoms with Crippen molar-refractivity contribution in [3.8, 4) is 5.75 Å². The highest BCUT2D eigenvalue weighted by molar-refractivity contribution is 5.36. The van der Waals surface area contributed by atoms with Gasteiger partial charge in [0, 0.05) is 39.4 Å². The van der Waals surface area contributed by atoms with Crippen LogP contribution < -0.4 is 10.5 Å². The van der Waals surface area contributed by atoms with Gasteiger partial charge in [-0.05, 0) is 6.07 Å². The quantitative estimate of drug-likeness (QED) is 0.701. The largest absolute Gasteiger partial charge is 0.496 e. The molecule has 0 heterocycles. The summed E-state index contributed by atoms with van der Waals surface area (Å²) in [5.41, 5.74) is 7.10. The molecule has 1 aromatic rings. The topological polar surface area (TPSA) is 57.0 Å². The molecule has 2 N–H and O–H groups in total. The van der Waals surface area contributed by atoms with Gasteiger partial charge in [-0.1, -0.05) is 18.2 Å². The monoisotopic (exact) mass is 282 g/mol. The number of benzene rings is 1. The second-order valence-corrected chi connectivity index (χ2v) is 4.52. The highest BCUT2D eigenvalue weighted by Gasteiger charge is 2.21. The van der Waals surface area contributed by atoms with Gasteiger partial charge in [-0.25, -0.2) is 0 Å². The van der Waals surface area contributed by atoms with Crippen LogP contribution >= 0.6 is 0 Å². The summed E-state index contributed by atoms with van der Waals surface area (Å²) in [6.07, 6.45) is 0. The van der Waals surface area contributed by atoms with Crippen LogP contribution in [0.15, 0.2) is 24.3 Å². The minimum atomic E-state index is 0.0939. The normalized spacial score (nSPS) is 12.7. The smallest absolute Gasteiger partial charge is 0.123 e. The number of rotatable bonds is 10. The van der Waals surface area contributed by atoms with Crippen molar-refractivity contribution < 1.29 is 14.2 Å². The van der Waals surface area contributed by atoms with E-state index in [1.54, 1.807) is 21.3 Å².